The van der Waals surface area contributed by atoms with E-state index >= 15 is 0 Å². The third-order valence-corrected chi connectivity index (χ3v) is 3.63. The van der Waals surface area contributed by atoms with Crippen molar-refractivity contribution in [3.63, 3.8) is 0 Å². The van der Waals surface area contributed by atoms with Crippen LogP contribution in [0.15, 0.2) is 33.2 Å². The van der Waals surface area contributed by atoms with Crippen LogP contribution < -0.4 is 5.32 Å². The molecule has 1 unspecified atom stereocenters. The van der Waals surface area contributed by atoms with E-state index in [-0.39, 0.29) is 11.6 Å². The Morgan fingerprint density at radius 1 is 1.30 bits per heavy atom. The van der Waals surface area contributed by atoms with Gasteiger partial charge in [-0.25, -0.2) is 8.78 Å². The first-order chi connectivity index (χ1) is 9.52. The average molecular weight is 344 g/mol. The molecule has 0 bridgehead atoms. The molecule has 0 aliphatic heterocycles. The van der Waals surface area contributed by atoms with E-state index in [0.29, 0.717) is 10.2 Å². The first-order valence-electron chi connectivity index (χ1n) is 6.51. The SMILES string of the molecule is CCCNC(C)c1ccc(-c2c(F)cc(F)cc2Br)o1. The van der Waals surface area contributed by atoms with Crippen molar-refractivity contribution >= 4 is 15.9 Å². The van der Waals surface area contributed by atoms with E-state index in [2.05, 4.69) is 28.2 Å². The summed E-state index contributed by atoms with van der Waals surface area (Å²) in [5.41, 5.74) is 0.236. The van der Waals surface area contributed by atoms with Crippen molar-refractivity contribution in [2.24, 2.45) is 0 Å². The normalized spacial score (nSPS) is 12.7. The fraction of sp³-hybridized carbons (Fsp3) is 0.333. The van der Waals surface area contributed by atoms with E-state index < -0.39 is 11.6 Å². The zero-order valence-electron chi connectivity index (χ0n) is 11.3. The second kappa shape index (κ2) is 6.50. The van der Waals surface area contributed by atoms with Gasteiger partial charge < -0.3 is 9.73 Å². The molecule has 0 spiro atoms. The van der Waals surface area contributed by atoms with E-state index in [1.54, 1.807) is 12.1 Å². The minimum atomic E-state index is -0.646. The summed E-state index contributed by atoms with van der Waals surface area (Å²) >= 11 is 3.17. The van der Waals surface area contributed by atoms with Crippen LogP contribution in [0.5, 0.6) is 0 Å². The predicted octanol–water partition coefficient (Wildman–Crippen LogP) is 5.05. The molecule has 0 aliphatic carbocycles. The zero-order chi connectivity index (χ0) is 14.7. The van der Waals surface area contributed by atoms with Crippen molar-refractivity contribution in [2.75, 3.05) is 6.54 Å². The topological polar surface area (TPSA) is 25.2 Å². The van der Waals surface area contributed by atoms with Gasteiger partial charge in [-0.2, -0.15) is 0 Å². The van der Waals surface area contributed by atoms with Crippen LogP contribution in [0, 0.1) is 11.6 Å². The quantitative estimate of drug-likeness (QED) is 0.821. The molecule has 1 aromatic heterocycles. The van der Waals surface area contributed by atoms with Gasteiger partial charge in [0.15, 0.2) is 0 Å². The van der Waals surface area contributed by atoms with Gasteiger partial charge in [0.25, 0.3) is 0 Å². The Hall–Kier alpha value is -1.20. The molecule has 1 heterocycles. The summed E-state index contributed by atoms with van der Waals surface area (Å²) in [4.78, 5) is 0. The van der Waals surface area contributed by atoms with Gasteiger partial charge in [-0.1, -0.05) is 6.92 Å². The molecule has 0 saturated heterocycles. The van der Waals surface area contributed by atoms with Crippen molar-refractivity contribution in [1.29, 1.82) is 0 Å². The lowest BCUT2D eigenvalue weighted by atomic mass is 10.1. The highest BCUT2D eigenvalue weighted by atomic mass is 79.9. The Morgan fingerprint density at radius 3 is 2.70 bits per heavy atom. The highest BCUT2D eigenvalue weighted by Crippen LogP contribution is 2.34. The van der Waals surface area contributed by atoms with Gasteiger partial charge >= 0.3 is 0 Å². The van der Waals surface area contributed by atoms with Crippen molar-refractivity contribution in [3.05, 3.63) is 46.1 Å². The Kier molecular flexibility index (Phi) is 4.94. The molecule has 0 saturated carbocycles. The molecule has 0 radical (unpaired) electrons. The summed E-state index contributed by atoms with van der Waals surface area (Å²) in [7, 11) is 0. The molecule has 1 N–H and O–H groups in total. The van der Waals surface area contributed by atoms with E-state index in [1.165, 1.54) is 6.07 Å². The van der Waals surface area contributed by atoms with Gasteiger partial charge in [0.1, 0.15) is 23.2 Å². The molecule has 108 valence electrons. The summed E-state index contributed by atoms with van der Waals surface area (Å²) < 4.78 is 33.0. The van der Waals surface area contributed by atoms with Crippen LogP contribution >= 0.6 is 15.9 Å². The Morgan fingerprint density at radius 2 is 2.05 bits per heavy atom. The number of rotatable bonds is 5. The van der Waals surface area contributed by atoms with Crippen molar-refractivity contribution in [3.8, 4) is 11.3 Å². The van der Waals surface area contributed by atoms with Gasteiger partial charge in [-0.05, 0) is 54.0 Å². The summed E-state index contributed by atoms with van der Waals surface area (Å²) in [6.45, 7) is 4.94. The highest BCUT2D eigenvalue weighted by Gasteiger charge is 2.17. The smallest absolute Gasteiger partial charge is 0.138 e. The maximum Gasteiger partial charge on any atom is 0.138 e. The molecule has 2 aromatic rings. The van der Waals surface area contributed by atoms with E-state index in [4.69, 9.17) is 4.42 Å². The number of hydrogen-bond acceptors (Lipinski definition) is 2. The van der Waals surface area contributed by atoms with Crippen LogP contribution in [-0.4, -0.2) is 6.54 Å². The fourth-order valence-corrected chi connectivity index (χ4v) is 2.56. The molecule has 2 rings (SSSR count). The number of furan rings is 1. The van der Waals surface area contributed by atoms with Crippen molar-refractivity contribution in [1.82, 2.24) is 5.32 Å². The van der Waals surface area contributed by atoms with Crippen LogP contribution in [0.3, 0.4) is 0 Å². The maximum absolute atomic E-state index is 13.9. The Balaban J connectivity index is 2.29. The van der Waals surface area contributed by atoms with Crippen LogP contribution in [0.1, 0.15) is 32.1 Å². The Labute approximate surface area is 125 Å². The zero-order valence-corrected chi connectivity index (χ0v) is 12.9. The lowest BCUT2D eigenvalue weighted by Crippen LogP contribution is -2.18. The first kappa shape index (κ1) is 15.2. The van der Waals surface area contributed by atoms with Crippen LogP contribution in [0.25, 0.3) is 11.3 Å². The van der Waals surface area contributed by atoms with E-state index in [0.717, 1.165) is 24.8 Å². The number of nitrogens with one attached hydrogen (secondary N) is 1. The first-order valence-corrected chi connectivity index (χ1v) is 7.30. The van der Waals surface area contributed by atoms with Gasteiger partial charge in [0.05, 0.1) is 11.6 Å². The lowest BCUT2D eigenvalue weighted by Gasteiger charge is -2.10. The summed E-state index contributed by atoms with van der Waals surface area (Å²) in [5.74, 6) is -0.159. The monoisotopic (exact) mass is 343 g/mol. The lowest BCUT2D eigenvalue weighted by molar-refractivity contribution is 0.437. The van der Waals surface area contributed by atoms with Gasteiger partial charge in [-0.15, -0.1) is 0 Å². The van der Waals surface area contributed by atoms with Gasteiger partial charge in [0.2, 0.25) is 0 Å². The van der Waals surface area contributed by atoms with Gasteiger partial charge in [0, 0.05) is 10.5 Å². The predicted molar refractivity (Wildman–Crippen MR) is 78.5 cm³/mol. The maximum atomic E-state index is 13.9. The number of hydrogen-bond donors (Lipinski definition) is 1. The fourth-order valence-electron chi connectivity index (χ4n) is 1.96. The molecule has 0 aliphatic rings. The molecule has 5 heteroatoms. The number of benzene rings is 1. The summed E-state index contributed by atoms with van der Waals surface area (Å²) in [6.07, 6.45) is 1.02. The van der Waals surface area contributed by atoms with Gasteiger partial charge in [-0.3, -0.25) is 0 Å². The Bertz CT molecular complexity index is 574. The van der Waals surface area contributed by atoms with Crippen LogP contribution in [0.4, 0.5) is 8.78 Å². The third kappa shape index (κ3) is 3.27. The summed E-state index contributed by atoms with van der Waals surface area (Å²) in [6, 6.07) is 5.62. The second-order valence-electron chi connectivity index (χ2n) is 4.62. The minimum absolute atomic E-state index is 0.0472. The number of halogens is 3. The van der Waals surface area contributed by atoms with Crippen molar-refractivity contribution < 1.29 is 13.2 Å². The van der Waals surface area contributed by atoms with E-state index in [1.807, 2.05) is 6.92 Å². The molecule has 0 amide bonds. The van der Waals surface area contributed by atoms with Crippen molar-refractivity contribution in [2.45, 2.75) is 26.3 Å². The molecule has 20 heavy (non-hydrogen) atoms. The van der Waals surface area contributed by atoms with Crippen LogP contribution in [0.2, 0.25) is 0 Å². The molecule has 1 atom stereocenters. The summed E-state index contributed by atoms with van der Waals surface area (Å²) in [5, 5.41) is 3.29. The third-order valence-electron chi connectivity index (χ3n) is 3.01. The molecule has 1 aromatic carbocycles. The van der Waals surface area contributed by atoms with Crippen LogP contribution in [-0.2, 0) is 0 Å². The largest absolute Gasteiger partial charge is 0.459 e. The molecular weight excluding hydrogens is 328 g/mol. The molecule has 0 fully saturated rings. The highest BCUT2D eigenvalue weighted by molar-refractivity contribution is 9.10. The van der Waals surface area contributed by atoms with E-state index in [9.17, 15) is 8.78 Å². The molecule has 2 nitrogen and oxygen atoms in total. The standard InChI is InChI=1S/C15H16BrF2NO/c1-3-6-19-9(2)13-4-5-14(20-13)15-11(16)7-10(17)8-12(15)18/h4-5,7-9,19H,3,6H2,1-2H3. The second-order valence-corrected chi connectivity index (χ2v) is 5.48. The molecular formula is C15H16BrF2NO. The minimum Gasteiger partial charge on any atom is -0.459 e. The average Bonchev–Trinajstić information content (AvgIpc) is 2.84.